The van der Waals surface area contributed by atoms with Crippen molar-refractivity contribution in [2.45, 2.75) is 44.0 Å². The zero-order valence-electron chi connectivity index (χ0n) is 18.9. The van der Waals surface area contributed by atoms with Crippen LogP contribution in [0.25, 0.3) is 0 Å². The van der Waals surface area contributed by atoms with E-state index in [9.17, 15) is 18.8 Å². The lowest BCUT2D eigenvalue weighted by atomic mass is 9.77. The van der Waals surface area contributed by atoms with Crippen LogP contribution in [0.2, 0.25) is 0 Å². The fourth-order valence-electron chi connectivity index (χ4n) is 5.25. The molecule has 5 rings (SSSR count). The van der Waals surface area contributed by atoms with Crippen molar-refractivity contribution in [1.29, 1.82) is 0 Å². The Kier molecular flexibility index (Phi) is 5.94. The van der Waals surface area contributed by atoms with Crippen molar-refractivity contribution in [3.8, 4) is 0 Å². The SMILES string of the molecule is COC(=O)c1ccc(C2C3=C(OC4CCC(F)CC4C3=O)C(=O)N2CCc2ccccc2)cc1. The highest BCUT2D eigenvalue weighted by atomic mass is 19.1. The standard InChI is InChI=1S/C27H26FNO5/c1-33-27(32)18-9-7-17(8-10-18)23-22-24(30)20-15-19(28)11-12-21(20)34-25(22)26(31)29(23)14-13-16-5-3-2-4-6-16/h2-10,19-21,23H,11-15H2,1H3. The number of benzene rings is 2. The third kappa shape index (κ3) is 3.89. The van der Waals surface area contributed by atoms with Gasteiger partial charge < -0.3 is 14.4 Å². The Morgan fingerprint density at radius 2 is 1.82 bits per heavy atom. The van der Waals surface area contributed by atoms with Crippen LogP contribution in [0, 0.1) is 5.92 Å². The maximum atomic E-state index is 14.2. The smallest absolute Gasteiger partial charge is 0.337 e. The molecule has 176 valence electrons. The second-order valence-electron chi connectivity index (χ2n) is 9.03. The van der Waals surface area contributed by atoms with Crippen molar-refractivity contribution < 1.29 is 28.2 Å². The maximum absolute atomic E-state index is 14.2. The number of ether oxygens (including phenoxy) is 2. The number of esters is 1. The second kappa shape index (κ2) is 9.05. The van der Waals surface area contributed by atoms with Crippen molar-refractivity contribution >= 4 is 17.7 Å². The Labute approximate surface area is 197 Å². The Morgan fingerprint density at radius 3 is 2.53 bits per heavy atom. The lowest BCUT2D eigenvalue weighted by molar-refractivity contribution is -0.136. The lowest BCUT2D eigenvalue weighted by Gasteiger charge is -2.36. The Bertz CT molecular complexity index is 1140. The average Bonchev–Trinajstić information content (AvgIpc) is 3.15. The van der Waals surface area contributed by atoms with Crippen LogP contribution in [-0.2, 0) is 25.5 Å². The zero-order chi connectivity index (χ0) is 23.8. The molecule has 0 radical (unpaired) electrons. The first-order valence-electron chi connectivity index (χ1n) is 11.6. The predicted octanol–water partition coefficient (Wildman–Crippen LogP) is 3.96. The van der Waals surface area contributed by atoms with E-state index in [0.717, 1.165) is 5.56 Å². The van der Waals surface area contributed by atoms with Gasteiger partial charge >= 0.3 is 5.97 Å². The van der Waals surface area contributed by atoms with Crippen LogP contribution in [-0.4, -0.2) is 48.5 Å². The van der Waals surface area contributed by atoms with Gasteiger partial charge in [-0.1, -0.05) is 42.5 Å². The van der Waals surface area contributed by atoms with Gasteiger partial charge in [0.2, 0.25) is 0 Å². The third-order valence-electron chi connectivity index (χ3n) is 7.01. The van der Waals surface area contributed by atoms with E-state index in [1.54, 1.807) is 29.2 Å². The molecular weight excluding hydrogens is 437 g/mol. The van der Waals surface area contributed by atoms with E-state index in [4.69, 9.17) is 9.47 Å². The van der Waals surface area contributed by atoms with Gasteiger partial charge in [0.25, 0.3) is 5.91 Å². The molecule has 0 aromatic heterocycles. The van der Waals surface area contributed by atoms with Gasteiger partial charge in [0.1, 0.15) is 12.3 Å². The van der Waals surface area contributed by atoms with Crippen molar-refractivity contribution in [3.63, 3.8) is 0 Å². The highest BCUT2D eigenvalue weighted by molar-refractivity contribution is 6.11. The first-order chi connectivity index (χ1) is 16.5. The quantitative estimate of drug-likeness (QED) is 0.628. The molecule has 4 unspecified atom stereocenters. The van der Waals surface area contributed by atoms with Crippen molar-refractivity contribution in [1.82, 2.24) is 4.90 Å². The van der Waals surface area contributed by atoms with Crippen LogP contribution < -0.4 is 0 Å². The van der Waals surface area contributed by atoms with Crippen molar-refractivity contribution in [2.75, 3.05) is 13.7 Å². The first kappa shape index (κ1) is 22.3. The van der Waals surface area contributed by atoms with Crippen molar-refractivity contribution in [2.24, 2.45) is 5.92 Å². The summed E-state index contributed by atoms with van der Waals surface area (Å²) in [6, 6.07) is 15.9. The van der Waals surface area contributed by atoms with E-state index in [2.05, 4.69) is 0 Å². The van der Waals surface area contributed by atoms with Gasteiger partial charge in [0.15, 0.2) is 11.5 Å². The van der Waals surface area contributed by atoms with Gasteiger partial charge in [0, 0.05) is 6.54 Å². The fraction of sp³-hybridized carbons (Fsp3) is 0.370. The third-order valence-corrected chi connectivity index (χ3v) is 7.01. The molecule has 34 heavy (non-hydrogen) atoms. The molecule has 2 aromatic carbocycles. The number of hydrogen-bond acceptors (Lipinski definition) is 5. The van der Waals surface area contributed by atoms with Crippen molar-refractivity contribution in [3.05, 3.63) is 82.6 Å². The molecule has 0 bridgehead atoms. The summed E-state index contributed by atoms with van der Waals surface area (Å²) in [5.74, 6) is -1.47. The summed E-state index contributed by atoms with van der Waals surface area (Å²) in [5.41, 5.74) is 2.45. The number of nitrogens with zero attached hydrogens (tertiary/aromatic N) is 1. The number of fused-ring (bicyclic) bond motifs is 1. The van der Waals surface area contributed by atoms with E-state index in [-0.39, 0.29) is 23.9 Å². The molecule has 0 saturated heterocycles. The fourth-order valence-corrected chi connectivity index (χ4v) is 5.25. The molecule has 1 amide bonds. The van der Waals surface area contributed by atoms with E-state index in [1.165, 1.54) is 7.11 Å². The molecule has 2 heterocycles. The summed E-state index contributed by atoms with van der Waals surface area (Å²) < 4.78 is 25.0. The molecule has 1 saturated carbocycles. The summed E-state index contributed by atoms with van der Waals surface area (Å²) in [6.45, 7) is 0.386. The number of amides is 1. The van der Waals surface area contributed by atoms with Gasteiger partial charge in [-0.25, -0.2) is 9.18 Å². The molecule has 1 aliphatic carbocycles. The van der Waals surface area contributed by atoms with E-state index in [0.29, 0.717) is 42.5 Å². The molecule has 7 heteroatoms. The monoisotopic (exact) mass is 463 g/mol. The number of alkyl halides is 1. The van der Waals surface area contributed by atoms with Crippen LogP contribution in [0.4, 0.5) is 4.39 Å². The Morgan fingerprint density at radius 1 is 1.09 bits per heavy atom. The molecule has 0 spiro atoms. The second-order valence-corrected chi connectivity index (χ2v) is 9.03. The van der Waals surface area contributed by atoms with Crippen LogP contribution >= 0.6 is 0 Å². The van der Waals surface area contributed by atoms with Gasteiger partial charge in [-0.05, 0) is 48.9 Å². The van der Waals surface area contributed by atoms with E-state index in [1.807, 2.05) is 30.3 Å². The van der Waals surface area contributed by atoms with Crippen LogP contribution in [0.15, 0.2) is 65.9 Å². The number of methoxy groups -OCH3 is 1. The topological polar surface area (TPSA) is 72.9 Å². The number of ketones is 1. The molecule has 6 nitrogen and oxygen atoms in total. The van der Waals surface area contributed by atoms with Crippen LogP contribution in [0.1, 0.15) is 46.8 Å². The molecule has 3 aliphatic rings. The van der Waals surface area contributed by atoms with E-state index < -0.39 is 30.2 Å². The average molecular weight is 464 g/mol. The molecule has 0 N–H and O–H groups in total. The molecule has 4 atom stereocenters. The number of Topliss-reactive ketones (excluding diaryl/α,β-unsaturated/α-hetero) is 1. The summed E-state index contributed by atoms with van der Waals surface area (Å²) in [7, 11) is 1.31. The number of rotatable bonds is 5. The molecular formula is C27H26FNO5. The minimum atomic E-state index is -1.04. The lowest BCUT2D eigenvalue weighted by Crippen LogP contribution is -2.42. The number of carbonyl (C=O) groups is 3. The minimum Gasteiger partial charge on any atom is -0.483 e. The summed E-state index contributed by atoms with van der Waals surface area (Å²) in [5, 5.41) is 0. The highest BCUT2D eigenvalue weighted by Gasteiger charge is 2.52. The number of carbonyl (C=O) groups excluding carboxylic acids is 3. The molecule has 1 fully saturated rings. The van der Waals surface area contributed by atoms with Gasteiger partial charge in [0.05, 0.1) is 30.2 Å². The maximum Gasteiger partial charge on any atom is 0.337 e. The normalized spacial score (nSPS) is 26.1. The zero-order valence-corrected chi connectivity index (χ0v) is 18.9. The van der Waals surface area contributed by atoms with Crippen LogP contribution in [0.3, 0.4) is 0 Å². The highest BCUT2D eigenvalue weighted by Crippen LogP contribution is 2.47. The van der Waals surface area contributed by atoms with Crippen LogP contribution in [0.5, 0.6) is 0 Å². The molecule has 2 aromatic rings. The predicted molar refractivity (Wildman–Crippen MR) is 122 cm³/mol. The Hall–Kier alpha value is -3.48. The largest absolute Gasteiger partial charge is 0.483 e. The van der Waals surface area contributed by atoms with Gasteiger partial charge in [-0.15, -0.1) is 0 Å². The van der Waals surface area contributed by atoms with Gasteiger partial charge in [-0.2, -0.15) is 0 Å². The van der Waals surface area contributed by atoms with E-state index >= 15 is 0 Å². The molecule has 2 aliphatic heterocycles. The Balaban J connectivity index is 1.51. The summed E-state index contributed by atoms with van der Waals surface area (Å²) in [6.07, 6.45) is -0.0196. The minimum absolute atomic E-state index is 0.0960. The number of halogens is 1. The van der Waals surface area contributed by atoms with Gasteiger partial charge in [-0.3, -0.25) is 9.59 Å². The first-order valence-corrected chi connectivity index (χ1v) is 11.6. The number of hydrogen-bond donors (Lipinski definition) is 0. The summed E-state index contributed by atoms with van der Waals surface area (Å²) >= 11 is 0. The summed E-state index contributed by atoms with van der Waals surface area (Å²) in [4.78, 5) is 40.6.